The van der Waals surface area contributed by atoms with Crippen molar-refractivity contribution in [3.8, 4) is 0 Å². The number of primary amides is 1. The molecule has 1 heterocycles. The number of alkyl halides is 3. The van der Waals surface area contributed by atoms with Gasteiger partial charge in [-0.25, -0.2) is 0 Å². The van der Waals surface area contributed by atoms with Crippen LogP contribution in [0.25, 0.3) is 0 Å². The van der Waals surface area contributed by atoms with Crippen LogP contribution in [0.3, 0.4) is 0 Å². The van der Waals surface area contributed by atoms with E-state index in [1.165, 1.54) is 9.80 Å². The van der Waals surface area contributed by atoms with Gasteiger partial charge in [-0.1, -0.05) is 30.3 Å². The van der Waals surface area contributed by atoms with Crippen LogP contribution in [0.5, 0.6) is 0 Å². The van der Waals surface area contributed by atoms with Gasteiger partial charge >= 0.3 is 6.18 Å². The summed E-state index contributed by atoms with van der Waals surface area (Å²) in [6, 6.07) is 9.26. The molecule has 2 N–H and O–H groups in total. The van der Waals surface area contributed by atoms with Crippen LogP contribution in [0.2, 0.25) is 0 Å². The highest BCUT2D eigenvalue weighted by Crippen LogP contribution is 2.19. The number of nitrogens with zero attached hydrogens (tertiary/aromatic N) is 2. The number of rotatable bonds is 6. The first-order chi connectivity index (χ1) is 11.7. The minimum Gasteiger partial charge on any atom is -0.369 e. The Labute approximate surface area is 144 Å². The molecule has 1 fully saturated rings. The minimum atomic E-state index is -4.24. The first-order valence-corrected chi connectivity index (χ1v) is 8.15. The normalized spacial score (nSPS) is 17.3. The maximum Gasteiger partial charge on any atom is 0.401 e. The predicted octanol–water partition coefficient (Wildman–Crippen LogP) is 1.43. The highest BCUT2D eigenvalue weighted by atomic mass is 19.4. The molecule has 1 atom stereocenters. The Balaban J connectivity index is 1.86. The zero-order valence-corrected chi connectivity index (χ0v) is 13.8. The Bertz CT molecular complexity index is 585. The third kappa shape index (κ3) is 6.38. The van der Waals surface area contributed by atoms with Gasteiger partial charge in [0, 0.05) is 32.6 Å². The number of piperazine rings is 1. The van der Waals surface area contributed by atoms with Gasteiger partial charge in [0.1, 0.15) is 0 Å². The van der Waals surface area contributed by atoms with Crippen molar-refractivity contribution in [2.75, 3.05) is 32.7 Å². The van der Waals surface area contributed by atoms with Crippen molar-refractivity contribution >= 4 is 11.8 Å². The molecule has 1 saturated heterocycles. The smallest absolute Gasteiger partial charge is 0.369 e. The zero-order chi connectivity index (χ0) is 18.4. The molecule has 5 nitrogen and oxygen atoms in total. The van der Waals surface area contributed by atoms with E-state index in [0.717, 1.165) is 5.56 Å². The van der Waals surface area contributed by atoms with Crippen LogP contribution < -0.4 is 5.73 Å². The van der Waals surface area contributed by atoms with Crippen molar-refractivity contribution in [3.05, 3.63) is 35.9 Å². The van der Waals surface area contributed by atoms with Gasteiger partial charge < -0.3 is 10.6 Å². The van der Waals surface area contributed by atoms with Crippen LogP contribution in [0.4, 0.5) is 13.2 Å². The number of nitrogens with two attached hydrogens (primary N) is 1. The molecule has 1 aliphatic heterocycles. The van der Waals surface area contributed by atoms with E-state index in [-0.39, 0.29) is 38.5 Å². The van der Waals surface area contributed by atoms with Crippen molar-refractivity contribution in [2.45, 2.75) is 19.0 Å². The van der Waals surface area contributed by atoms with Gasteiger partial charge in [-0.05, 0) is 12.0 Å². The van der Waals surface area contributed by atoms with E-state index in [1.54, 1.807) is 0 Å². The SMILES string of the molecule is NC(=O)C(CC(=O)N1CCN(CC(F)(F)F)CC1)Cc1ccccc1. The Kier molecular flexibility index (Phi) is 6.41. The van der Waals surface area contributed by atoms with E-state index < -0.39 is 24.5 Å². The molecule has 1 aromatic carbocycles. The fourth-order valence-corrected chi connectivity index (χ4v) is 2.92. The Hall–Kier alpha value is -2.09. The number of hydrogen-bond acceptors (Lipinski definition) is 3. The Morgan fingerprint density at radius 1 is 1.08 bits per heavy atom. The summed E-state index contributed by atoms with van der Waals surface area (Å²) in [4.78, 5) is 26.8. The molecular formula is C17H22F3N3O2. The fraction of sp³-hybridized carbons (Fsp3) is 0.529. The zero-order valence-electron chi connectivity index (χ0n) is 13.8. The number of amides is 2. The quantitative estimate of drug-likeness (QED) is 0.838. The minimum absolute atomic E-state index is 0.0243. The van der Waals surface area contributed by atoms with Crippen molar-refractivity contribution in [3.63, 3.8) is 0 Å². The van der Waals surface area contributed by atoms with Crippen molar-refractivity contribution in [1.29, 1.82) is 0 Å². The highest BCUT2D eigenvalue weighted by molar-refractivity contribution is 5.85. The van der Waals surface area contributed by atoms with Gasteiger partial charge in [0.25, 0.3) is 0 Å². The summed E-state index contributed by atoms with van der Waals surface area (Å²) < 4.78 is 37.2. The molecule has 2 rings (SSSR count). The second kappa shape index (κ2) is 8.33. The lowest BCUT2D eigenvalue weighted by Gasteiger charge is -2.35. The van der Waals surface area contributed by atoms with E-state index >= 15 is 0 Å². The fourth-order valence-electron chi connectivity index (χ4n) is 2.92. The van der Waals surface area contributed by atoms with Crippen LogP contribution in [0.1, 0.15) is 12.0 Å². The average Bonchev–Trinajstić information content (AvgIpc) is 2.54. The van der Waals surface area contributed by atoms with Gasteiger partial charge in [0.05, 0.1) is 12.5 Å². The topological polar surface area (TPSA) is 66.6 Å². The molecule has 25 heavy (non-hydrogen) atoms. The number of benzene rings is 1. The van der Waals surface area contributed by atoms with Crippen LogP contribution in [-0.4, -0.2) is 60.5 Å². The lowest BCUT2D eigenvalue weighted by Crippen LogP contribution is -2.51. The molecule has 138 valence electrons. The number of halogens is 3. The molecule has 1 unspecified atom stereocenters. The summed E-state index contributed by atoms with van der Waals surface area (Å²) in [6.45, 7) is -0.166. The van der Waals surface area contributed by atoms with E-state index in [1.807, 2.05) is 30.3 Å². The van der Waals surface area contributed by atoms with Crippen LogP contribution >= 0.6 is 0 Å². The molecule has 0 spiro atoms. The van der Waals surface area contributed by atoms with Crippen molar-refractivity contribution in [2.24, 2.45) is 11.7 Å². The largest absolute Gasteiger partial charge is 0.401 e. The molecule has 8 heteroatoms. The first kappa shape index (κ1) is 19.2. The van der Waals surface area contributed by atoms with E-state index in [2.05, 4.69) is 0 Å². The van der Waals surface area contributed by atoms with Gasteiger partial charge in [-0.15, -0.1) is 0 Å². The van der Waals surface area contributed by atoms with Gasteiger partial charge in [0.2, 0.25) is 11.8 Å². The molecule has 0 aromatic heterocycles. The molecule has 0 saturated carbocycles. The number of carbonyl (C=O) groups excluding carboxylic acids is 2. The molecular weight excluding hydrogens is 335 g/mol. The van der Waals surface area contributed by atoms with E-state index in [9.17, 15) is 22.8 Å². The molecule has 0 bridgehead atoms. The van der Waals surface area contributed by atoms with Gasteiger partial charge in [0.15, 0.2) is 0 Å². The van der Waals surface area contributed by atoms with Crippen LogP contribution in [0.15, 0.2) is 30.3 Å². The number of hydrogen-bond donors (Lipinski definition) is 1. The highest BCUT2D eigenvalue weighted by Gasteiger charge is 2.33. The summed E-state index contributed by atoms with van der Waals surface area (Å²) in [7, 11) is 0. The van der Waals surface area contributed by atoms with Gasteiger partial charge in [-0.3, -0.25) is 14.5 Å². The summed E-state index contributed by atoms with van der Waals surface area (Å²) in [5.74, 6) is -1.41. The van der Waals surface area contributed by atoms with E-state index in [0.29, 0.717) is 6.42 Å². The predicted molar refractivity (Wildman–Crippen MR) is 86.5 cm³/mol. The standard InChI is InChI=1S/C17H22F3N3O2/c18-17(19,20)12-22-6-8-23(9-7-22)15(24)11-14(16(21)25)10-13-4-2-1-3-5-13/h1-5,14H,6-12H2,(H2,21,25). The Morgan fingerprint density at radius 2 is 1.68 bits per heavy atom. The Morgan fingerprint density at radius 3 is 2.20 bits per heavy atom. The molecule has 2 amide bonds. The third-order valence-corrected chi connectivity index (χ3v) is 4.28. The van der Waals surface area contributed by atoms with Crippen LogP contribution in [0, 0.1) is 5.92 Å². The average molecular weight is 357 g/mol. The maximum absolute atomic E-state index is 12.4. The first-order valence-electron chi connectivity index (χ1n) is 8.15. The lowest BCUT2D eigenvalue weighted by atomic mass is 9.95. The monoisotopic (exact) mass is 357 g/mol. The van der Waals surface area contributed by atoms with Crippen molar-refractivity contribution < 1.29 is 22.8 Å². The molecule has 0 aliphatic carbocycles. The second-order valence-electron chi connectivity index (χ2n) is 6.27. The van der Waals surface area contributed by atoms with Crippen LogP contribution in [-0.2, 0) is 16.0 Å². The van der Waals surface area contributed by atoms with Gasteiger partial charge in [-0.2, -0.15) is 13.2 Å². The lowest BCUT2D eigenvalue weighted by molar-refractivity contribution is -0.152. The van der Waals surface area contributed by atoms with E-state index in [4.69, 9.17) is 5.73 Å². The van der Waals surface area contributed by atoms with Crippen molar-refractivity contribution in [1.82, 2.24) is 9.80 Å². The molecule has 0 radical (unpaired) electrons. The number of carbonyl (C=O) groups is 2. The molecule has 1 aromatic rings. The maximum atomic E-state index is 12.4. The summed E-state index contributed by atoms with van der Waals surface area (Å²) in [5.41, 5.74) is 6.32. The summed E-state index contributed by atoms with van der Waals surface area (Å²) >= 11 is 0. The molecule has 1 aliphatic rings. The summed E-state index contributed by atoms with van der Waals surface area (Å²) in [6.07, 6.45) is -3.89. The second-order valence-corrected chi connectivity index (χ2v) is 6.27. The third-order valence-electron chi connectivity index (χ3n) is 4.28. The summed E-state index contributed by atoms with van der Waals surface area (Å²) in [5, 5.41) is 0.